The summed E-state index contributed by atoms with van der Waals surface area (Å²) in [5.74, 6) is -0.358. The van der Waals surface area contributed by atoms with Crippen molar-refractivity contribution in [3.05, 3.63) is 57.0 Å². The molecule has 0 unspecified atom stereocenters. The molecule has 2 aromatic rings. The molecule has 1 aromatic carbocycles. The number of hydrogen-bond acceptors (Lipinski definition) is 2. The Morgan fingerprint density at radius 3 is 2.56 bits per heavy atom. The predicted molar refractivity (Wildman–Crippen MR) is 69.0 cm³/mol. The molecule has 1 atom stereocenters. The van der Waals surface area contributed by atoms with Crippen molar-refractivity contribution in [3.8, 4) is 0 Å². The van der Waals surface area contributed by atoms with Crippen molar-refractivity contribution in [2.45, 2.75) is 6.04 Å². The second-order valence-electron chi connectivity index (χ2n) is 3.24. The molecule has 86 valence electrons. The molecule has 0 fully saturated rings. The molecule has 5 heteroatoms. The van der Waals surface area contributed by atoms with Crippen LogP contribution in [0.25, 0.3) is 0 Å². The van der Waals surface area contributed by atoms with Crippen molar-refractivity contribution in [2.75, 3.05) is 0 Å². The average Bonchev–Trinajstić information content (AvgIpc) is 2.67. The lowest BCUT2D eigenvalue weighted by atomic mass is 10.0. The summed E-state index contributed by atoms with van der Waals surface area (Å²) in [6.07, 6.45) is 0. The first-order chi connectivity index (χ1) is 7.16. The van der Waals surface area contributed by atoms with Crippen LogP contribution >= 0.6 is 35.3 Å². The van der Waals surface area contributed by atoms with Gasteiger partial charge in [-0.3, -0.25) is 0 Å². The van der Waals surface area contributed by atoms with Crippen molar-refractivity contribution in [1.82, 2.24) is 0 Å². The summed E-state index contributed by atoms with van der Waals surface area (Å²) >= 11 is 7.33. The van der Waals surface area contributed by atoms with Gasteiger partial charge in [-0.2, -0.15) is 11.3 Å². The highest BCUT2D eigenvalue weighted by Crippen LogP contribution is 2.24. The molecule has 1 nitrogen and oxygen atoms in total. The zero-order chi connectivity index (χ0) is 10.8. The lowest BCUT2D eigenvalue weighted by Crippen LogP contribution is -2.11. The van der Waals surface area contributed by atoms with Gasteiger partial charge in [-0.05, 0) is 46.2 Å². The standard InChI is InChI=1S/C11H9ClFNS.ClH/c12-9-3-8(4-10(13)5-9)11(14)7-1-2-15-6-7;/h1-6,11H,14H2;1H/t11-;/m1./s1. The highest BCUT2D eigenvalue weighted by Gasteiger charge is 2.10. The molecule has 0 saturated carbocycles. The fourth-order valence-electron chi connectivity index (χ4n) is 1.40. The second-order valence-corrected chi connectivity index (χ2v) is 4.45. The summed E-state index contributed by atoms with van der Waals surface area (Å²) in [4.78, 5) is 0. The van der Waals surface area contributed by atoms with E-state index < -0.39 is 0 Å². The molecule has 0 spiro atoms. The van der Waals surface area contributed by atoms with Crippen LogP contribution in [0, 0.1) is 5.82 Å². The van der Waals surface area contributed by atoms with Gasteiger partial charge in [0.2, 0.25) is 0 Å². The number of rotatable bonds is 2. The van der Waals surface area contributed by atoms with Crippen molar-refractivity contribution >= 4 is 35.3 Å². The molecular formula is C11H10Cl2FNS. The van der Waals surface area contributed by atoms with Gasteiger partial charge in [-0.1, -0.05) is 11.6 Å². The predicted octanol–water partition coefficient (Wildman–Crippen LogP) is 4.01. The molecule has 16 heavy (non-hydrogen) atoms. The Bertz CT molecular complexity index is 439. The molecule has 2 N–H and O–H groups in total. The summed E-state index contributed by atoms with van der Waals surface area (Å²) in [5, 5.41) is 4.26. The first-order valence-electron chi connectivity index (χ1n) is 4.40. The molecule has 0 bridgehead atoms. The van der Waals surface area contributed by atoms with Gasteiger partial charge in [-0.15, -0.1) is 12.4 Å². The van der Waals surface area contributed by atoms with E-state index in [4.69, 9.17) is 17.3 Å². The summed E-state index contributed by atoms with van der Waals surface area (Å²) in [6.45, 7) is 0. The van der Waals surface area contributed by atoms with E-state index in [1.807, 2.05) is 16.8 Å². The Balaban J connectivity index is 0.00000128. The SMILES string of the molecule is Cl.N[C@H](c1ccsc1)c1cc(F)cc(Cl)c1. The maximum absolute atomic E-state index is 13.1. The van der Waals surface area contributed by atoms with Crippen molar-refractivity contribution < 1.29 is 4.39 Å². The first kappa shape index (κ1) is 13.5. The van der Waals surface area contributed by atoms with Gasteiger partial charge >= 0.3 is 0 Å². The fraction of sp³-hybridized carbons (Fsp3) is 0.0909. The Labute approximate surface area is 108 Å². The van der Waals surface area contributed by atoms with E-state index >= 15 is 0 Å². The number of benzene rings is 1. The molecule has 2 rings (SSSR count). The topological polar surface area (TPSA) is 26.0 Å². The summed E-state index contributed by atoms with van der Waals surface area (Å²) in [7, 11) is 0. The zero-order valence-corrected chi connectivity index (χ0v) is 10.6. The van der Waals surface area contributed by atoms with Crippen LogP contribution in [0.15, 0.2) is 35.0 Å². The van der Waals surface area contributed by atoms with Gasteiger partial charge in [0.15, 0.2) is 0 Å². The molecule has 0 amide bonds. The highest BCUT2D eigenvalue weighted by atomic mass is 35.5. The minimum atomic E-state index is -0.358. The largest absolute Gasteiger partial charge is 0.320 e. The molecule has 0 saturated heterocycles. The Morgan fingerprint density at radius 1 is 1.25 bits per heavy atom. The van der Waals surface area contributed by atoms with E-state index in [9.17, 15) is 4.39 Å². The van der Waals surface area contributed by atoms with Crippen LogP contribution < -0.4 is 5.73 Å². The van der Waals surface area contributed by atoms with E-state index in [2.05, 4.69) is 0 Å². The second kappa shape index (κ2) is 5.64. The Kier molecular flexibility index (Phi) is 4.74. The molecule has 0 aliphatic carbocycles. The quantitative estimate of drug-likeness (QED) is 0.882. The maximum Gasteiger partial charge on any atom is 0.125 e. The molecular weight excluding hydrogens is 268 g/mol. The minimum absolute atomic E-state index is 0. The Morgan fingerprint density at radius 2 is 2.00 bits per heavy atom. The highest BCUT2D eigenvalue weighted by molar-refractivity contribution is 7.08. The average molecular weight is 278 g/mol. The van der Waals surface area contributed by atoms with E-state index in [1.54, 1.807) is 17.4 Å². The van der Waals surface area contributed by atoms with Crippen molar-refractivity contribution in [2.24, 2.45) is 5.73 Å². The van der Waals surface area contributed by atoms with Crippen molar-refractivity contribution in [1.29, 1.82) is 0 Å². The number of halogens is 3. The smallest absolute Gasteiger partial charge is 0.125 e. The summed E-state index contributed by atoms with van der Waals surface area (Å²) < 4.78 is 13.1. The molecule has 1 aromatic heterocycles. The van der Waals surface area contributed by atoms with E-state index in [1.165, 1.54) is 12.1 Å². The molecule has 0 aliphatic rings. The van der Waals surface area contributed by atoms with Crippen molar-refractivity contribution in [3.63, 3.8) is 0 Å². The molecule has 0 radical (unpaired) electrons. The van der Waals surface area contributed by atoms with Crippen LogP contribution in [0.1, 0.15) is 17.2 Å². The van der Waals surface area contributed by atoms with Crippen LogP contribution in [-0.4, -0.2) is 0 Å². The lowest BCUT2D eigenvalue weighted by molar-refractivity contribution is 0.624. The third-order valence-electron chi connectivity index (χ3n) is 2.15. The van der Waals surface area contributed by atoms with E-state index in [0.29, 0.717) is 10.6 Å². The van der Waals surface area contributed by atoms with Crippen LogP contribution in [0.3, 0.4) is 0 Å². The van der Waals surface area contributed by atoms with Gasteiger partial charge in [0.1, 0.15) is 5.82 Å². The molecule has 0 aliphatic heterocycles. The van der Waals surface area contributed by atoms with Gasteiger partial charge in [0.05, 0.1) is 6.04 Å². The number of hydrogen-bond donors (Lipinski definition) is 1. The zero-order valence-electron chi connectivity index (χ0n) is 8.19. The number of thiophene rings is 1. The Hall–Kier alpha value is -0.610. The normalized spacial score (nSPS) is 11.9. The van der Waals surface area contributed by atoms with Gasteiger partial charge < -0.3 is 5.73 Å². The maximum atomic E-state index is 13.1. The van der Waals surface area contributed by atoms with E-state index in [-0.39, 0.29) is 24.3 Å². The summed E-state index contributed by atoms with van der Waals surface area (Å²) in [6, 6.07) is 5.98. The van der Waals surface area contributed by atoms with Gasteiger partial charge in [-0.25, -0.2) is 4.39 Å². The third-order valence-corrected chi connectivity index (χ3v) is 3.07. The monoisotopic (exact) mass is 277 g/mol. The van der Waals surface area contributed by atoms with E-state index in [0.717, 1.165) is 5.56 Å². The lowest BCUT2D eigenvalue weighted by Gasteiger charge is -2.10. The van der Waals surface area contributed by atoms with Crippen LogP contribution in [0.2, 0.25) is 5.02 Å². The fourth-order valence-corrected chi connectivity index (χ4v) is 2.33. The van der Waals surface area contributed by atoms with Crippen LogP contribution in [0.5, 0.6) is 0 Å². The van der Waals surface area contributed by atoms with Crippen LogP contribution in [0.4, 0.5) is 4.39 Å². The van der Waals surface area contributed by atoms with Gasteiger partial charge in [0, 0.05) is 5.02 Å². The molecule has 1 heterocycles. The van der Waals surface area contributed by atoms with Gasteiger partial charge in [0.25, 0.3) is 0 Å². The minimum Gasteiger partial charge on any atom is -0.320 e. The first-order valence-corrected chi connectivity index (χ1v) is 5.72. The van der Waals surface area contributed by atoms with Crippen LogP contribution in [-0.2, 0) is 0 Å². The third kappa shape index (κ3) is 2.95. The number of nitrogens with two attached hydrogens (primary N) is 1. The summed E-state index contributed by atoms with van der Waals surface area (Å²) in [5.41, 5.74) is 7.65.